The highest BCUT2D eigenvalue weighted by molar-refractivity contribution is 5.07. The molecule has 4 nitrogen and oxygen atoms in total. The van der Waals surface area contributed by atoms with Crippen molar-refractivity contribution < 1.29 is 4.74 Å². The molecule has 0 radical (unpaired) electrons. The highest BCUT2D eigenvalue weighted by Gasteiger charge is 2.39. The van der Waals surface area contributed by atoms with E-state index in [1.165, 1.54) is 0 Å². The Hall–Kier alpha value is -1.44. The fourth-order valence-corrected chi connectivity index (χ4v) is 1.88. The third-order valence-corrected chi connectivity index (χ3v) is 2.72. The number of rotatable bonds is 4. The minimum absolute atomic E-state index is 0.302. The van der Waals surface area contributed by atoms with Gasteiger partial charge in [0.1, 0.15) is 5.41 Å². The van der Waals surface area contributed by atoms with Crippen LogP contribution in [-0.2, 0) is 11.3 Å². The third-order valence-electron chi connectivity index (χ3n) is 2.72. The quantitative estimate of drug-likeness (QED) is 0.756. The molecule has 1 saturated heterocycles. The van der Waals surface area contributed by atoms with Gasteiger partial charge in [-0.1, -0.05) is 6.07 Å². The molecule has 1 aromatic heterocycles. The van der Waals surface area contributed by atoms with Gasteiger partial charge in [0, 0.05) is 19.3 Å². The summed E-state index contributed by atoms with van der Waals surface area (Å²) in [5.74, 6) is 0. The monoisotopic (exact) mass is 217 g/mol. The van der Waals surface area contributed by atoms with Crippen molar-refractivity contribution in [1.82, 2.24) is 9.88 Å². The number of pyridine rings is 1. The molecule has 0 bridgehead atoms. The van der Waals surface area contributed by atoms with Gasteiger partial charge < -0.3 is 4.74 Å². The zero-order valence-corrected chi connectivity index (χ0v) is 9.39. The van der Waals surface area contributed by atoms with Crippen LogP contribution in [0, 0.1) is 16.7 Å². The molecule has 1 aliphatic rings. The molecule has 0 aromatic carbocycles. The first-order valence-corrected chi connectivity index (χ1v) is 5.32. The van der Waals surface area contributed by atoms with Crippen molar-refractivity contribution in [1.29, 1.82) is 5.26 Å². The number of hydrogen-bond acceptors (Lipinski definition) is 4. The average molecular weight is 217 g/mol. The van der Waals surface area contributed by atoms with Gasteiger partial charge in [0.25, 0.3) is 0 Å². The van der Waals surface area contributed by atoms with Crippen LogP contribution < -0.4 is 0 Å². The summed E-state index contributed by atoms with van der Waals surface area (Å²) in [7, 11) is 2.01. The first-order valence-electron chi connectivity index (χ1n) is 5.32. The number of hydrogen-bond donors (Lipinski definition) is 0. The molecule has 0 atom stereocenters. The maximum atomic E-state index is 9.08. The van der Waals surface area contributed by atoms with Gasteiger partial charge in [-0.2, -0.15) is 5.26 Å². The van der Waals surface area contributed by atoms with Crippen LogP contribution >= 0.6 is 0 Å². The van der Waals surface area contributed by atoms with E-state index in [1.54, 1.807) is 6.20 Å². The highest BCUT2D eigenvalue weighted by atomic mass is 16.5. The first kappa shape index (κ1) is 11.1. The smallest absolute Gasteiger partial charge is 0.116 e. The van der Waals surface area contributed by atoms with Crippen LogP contribution in [0.4, 0.5) is 0 Å². The van der Waals surface area contributed by atoms with Crippen LogP contribution in [0.5, 0.6) is 0 Å². The molecule has 1 aliphatic heterocycles. The van der Waals surface area contributed by atoms with Gasteiger partial charge in [0.05, 0.1) is 25.0 Å². The van der Waals surface area contributed by atoms with Crippen LogP contribution in [-0.4, -0.2) is 36.7 Å². The lowest BCUT2D eigenvalue weighted by atomic mass is 9.87. The molecule has 1 fully saturated rings. The maximum Gasteiger partial charge on any atom is 0.116 e. The van der Waals surface area contributed by atoms with E-state index in [9.17, 15) is 0 Å². The van der Waals surface area contributed by atoms with Crippen molar-refractivity contribution in [3.05, 3.63) is 30.1 Å². The molecule has 0 unspecified atom stereocenters. The predicted octanol–water partition coefficient (Wildman–Crippen LogP) is 1.05. The van der Waals surface area contributed by atoms with E-state index in [0.717, 1.165) is 18.8 Å². The Morgan fingerprint density at radius 2 is 2.38 bits per heavy atom. The van der Waals surface area contributed by atoms with Gasteiger partial charge in [0.15, 0.2) is 0 Å². The summed E-state index contributed by atoms with van der Waals surface area (Å²) < 4.78 is 5.12. The lowest BCUT2D eigenvalue weighted by molar-refractivity contribution is -0.0896. The average Bonchev–Trinajstić information content (AvgIpc) is 2.25. The Morgan fingerprint density at radius 1 is 1.56 bits per heavy atom. The van der Waals surface area contributed by atoms with Gasteiger partial charge in [-0.05, 0) is 19.2 Å². The lowest BCUT2D eigenvalue weighted by Gasteiger charge is -2.37. The zero-order valence-electron chi connectivity index (χ0n) is 9.39. The molecule has 0 amide bonds. The fraction of sp³-hybridized carbons (Fsp3) is 0.500. The summed E-state index contributed by atoms with van der Waals surface area (Å²) in [6.45, 7) is 2.61. The van der Waals surface area contributed by atoms with Gasteiger partial charge in [0.2, 0.25) is 0 Å². The van der Waals surface area contributed by atoms with E-state index < -0.39 is 0 Å². The minimum Gasteiger partial charge on any atom is -0.378 e. The minimum atomic E-state index is -0.302. The zero-order chi connectivity index (χ0) is 11.4. The van der Waals surface area contributed by atoms with E-state index in [-0.39, 0.29) is 5.41 Å². The normalized spacial score (nSPS) is 17.8. The first-order chi connectivity index (χ1) is 7.74. The SMILES string of the molecule is CN(Cc1ccccn1)CC1(C#N)COC1. The van der Waals surface area contributed by atoms with Crippen molar-refractivity contribution in [3.8, 4) is 6.07 Å². The Bertz CT molecular complexity index is 381. The maximum absolute atomic E-state index is 9.08. The van der Waals surface area contributed by atoms with E-state index in [2.05, 4.69) is 16.0 Å². The Labute approximate surface area is 95.5 Å². The van der Waals surface area contributed by atoms with Gasteiger partial charge in [-0.15, -0.1) is 0 Å². The van der Waals surface area contributed by atoms with Crippen LogP contribution in [0.25, 0.3) is 0 Å². The molecule has 0 saturated carbocycles. The number of aromatic nitrogens is 1. The largest absolute Gasteiger partial charge is 0.378 e. The van der Waals surface area contributed by atoms with E-state index in [1.807, 2.05) is 25.2 Å². The molecule has 84 valence electrons. The third kappa shape index (κ3) is 2.38. The van der Waals surface area contributed by atoms with Crippen LogP contribution in [0.1, 0.15) is 5.69 Å². The molecule has 0 aliphatic carbocycles. The van der Waals surface area contributed by atoms with Crippen LogP contribution in [0.2, 0.25) is 0 Å². The molecule has 4 heteroatoms. The molecule has 2 heterocycles. The molecular weight excluding hydrogens is 202 g/mol. The summed E-state index contributed by atoms with van der Waals surface area (Å²) >= 11 is 0. The highest BCUT2D eigenvalue weighted by Crippen LogP contribution is 2.27. The summed E-state index contributed by atoms with van der Waals surface area (Å²) in [6.07, 6.45) is 1.79. The summed E-state index contributed by atoms with van der Waals surface area (Å²) in [4.78, 5) is 6.38. The summed E-state index contributed by atoms with van der Waals surface area (Å²) in [5, 5.41) is 9.08. The fourth-order valence-electron chi connectivity index (χ4n) is 1.88. The van der Waals surface area contributed by atoms with Crippen LogP contribution in [0.3, 0.4) is 0 Å². The summed E-state index contributed by atoms with van der Waals surface area (Å²) in [6, 6.07) is 8.22. The lowest BCUT2D eigenvalue weighted by Crippen LogP contribution is -2.48. The van der Waals surface area contributed by atoms with Gasteiger partial charge in [-0.25, -0.2) is 0 Å². The molecule has 0 N–H and O–H groups in total. The second-order valence-corrected chi connectivity index (χ2v) is 4.38. The standard InChI is InChI=1S/C12H15N3O/c1-15(6-11-4-2-3-5-14-11)8-12(7-13)9-16-10-12/h2-5H,6,8-10H2,1H3. The van der Waals surface area contributed by atoms with Crippen molar-refractivity contribution in [2.45, 2.75) is 6.54 Å². The predicted molar refractivity (Wildman–Crippen MR) is 59.4 cm³/mol. The Morgan fingerprint density at radius 3 is 2.88 bits per heavy atom. The molecular formula is C12H15N3O. The van der Waals surface area contributed by atoms with Crippen molar-refractivity contribution in [2.75, 3.05) is 26.8 Å². The second-order valence-electron chi connectivity index (χ2n) is 4.38. The topological polar surface area (TPSA) is 49.2 Å². The number of nitriles is 1. The van der Waals surface area contributed by atoms with E-state index in [4.69, 9.17) is 10.00 Å². The van der Waals surface area contributed by atoms with Crippen molar-refractivity contribution in [2.24, 2.45) is 5.41 Å². The molecule has 16 heavy (non-hydrogen) atoms. The molecule has 2 rings (SSSR count). The van der Waals surface area contributed by atoms with Crippen molar-refractivity contribution >= 4 is 0 Å². The summed E-state index contributed by atoms with van der Waals surface area (Å²) in [5.41, 5.74) is 0.724. The Kier molecular flexibility index (Phi) is 3.18. The number of nitrogens with zero attached hydrogens (tertiary/aromatic N) is 3. The number of ether oxygens (including phenoxy) is 1. The second kappa shape index (κ2) is 4.60. The van der Waals surface area contributed by atoms with E-state index in [0.29, 0.717) is 13.2 Å². The molecule has 0 spiro atoms. The van der Waals surface area contributed by atoms with Gasteiger partial charge in [-0.3, -0.25) is 9.88 Å². The van der Waals surface area contributed by atoms with E-state index >= 15 is 0 Å². The van der Waals surface area contributed by atoms with Crippen molar-refractivity contribution in [3.63, 3.8) is 0 Å². The van der Waals surface area contributed by atoms with Gasteiger partial charge >= 0.3 is 0 Å². The Balaban J connectivity index is 1.90. The molecule has 1 aromatic rings. The van der Waals surface area contributed by atoms with Crippen LogP contribution in [0.15, 0.2) is 24.4 Å².